The van der Waals surface area contributed by atoms with Gasteiger partial charge in [0.05, 0.1) is 0 Å². The van der Waals surface area contributed by atoms with E-state index in [9.17, 15) is 4.79 Å². The van der Waals surface area contributed by atoms with E-state index in [1.165, 1.54) is 10.2 Å². The van der Waals surface area contributed by atoms with Gasteiger partial charge in [0.25, 0.3) is 0 Å². The van der Waals surface area contributed by atoms with Crippen LogP contribution in [0.15, 0.2) is 54.6 Å². The van der Waals surface area contributed by atoms with Crippen LogP contribution in [0.4, 0.5) is 0 Å². The Labute approximate surface area is 141 Å². The number of tetrazole rings is 1. The van der Waals surface area contributed by atoms with Crippen molar-refractivity contribution < 1.29 is 4.79 Å². The minimum atomic E-state index is -0.0139. The molecule has 1 aromatic heterocycles. The molecule has 5 nitrogen and oxygen atoms in total. The normalized spacial score (nSPS) is 11.5. The van der Waals surface area contributed by atoms with Gasteiger partial charge in [-0.25, -0.2) is 4.68 Å². The van der Waals surface area contributed by atoms with Crippen LogP contribution in [0.3, 0.4) is 0 Å². The summed E-state index contributed by atoms with van der Waals surface area (Å²) in [6, 6.07) is 17.4. The van der Waals surface area contributed by atoms with E-state index >= 15 is 0 Å². The molecule has 0 spiro atoms. The highest BCUT2D eigenvalue weighted by Gasteiger charge is 2.16. The van der Waals surface area contributed by atoms with E-state index < -0.39 is 0 Å². The number of aromatic nitrogens is 4. The number of Topliss-reactive ketones (excluding diaryl/α,β-unsaturated/α-hetero) is 1. The van der Waals surface area contributed by atoms with Crippen molar-refractivity contribution in [2.24, 2.45) is 0 Å². The predicted molar refractivity (Wildman–Crippen MR) is 92.7 cm³/mol. The van der Waals surface area contributed by atoms with Gasteiger partial charge in [-0.2, -0.15) is 0 Å². The maximum Gasteiger partial charge on any atom is 0.184 e. The molecule has 0 saturated carbocycles. The molecule has 0 atom stereocenters. The van der Waals surface area contributed by atoms with Crippen LogP contribution in [0.25, 0.3) is 11.4 Å². The van der Waals surface area contributed by atoms with Crippen molar-refractivity contribution in [3.8, 4) is 11.4 Å². The van der Waals surface area contributed by atoms with Crippen molar-refractivity contribution in [1.82, 2.24) is 20.2 Å². The topological polar surface area (TPSA) is 60.7 Å². The zero-order valence-electron chi connectivity index (χ0n) is 14.1. The Morgan fingerprint density at radius 1 is 1.00 bits per heavy atom. The molecule has 0 bridgehead atoms. The van der Waals surface area contributed by atoms with Gasteiger partial charge in [-0.15, -0.1) is 5.10 Å². The van der Waals surface area contributed by atoms with Gasteiger partial charge in [0.15, 0.2) is 11.6 Å². The minimum Gasteiger partial charge on any atom is -0.292 e. The molecule has 0 amide bonds. The summed E-state index contributed by atoms with van der Waals surface area (Å²) in [4.78, 5) is 12.5. The van der Waals surface area contributed by atoms with Crippen LogP contribution in [0.2, 0.25) is 0 Å². The fourth-order valence-corrected chi connectivity index (χ4v) is 2.49. The molecule has 3 rings (SSSR count). The summed E-state index contributed by atoms with van der Waals surface area (Å²) >= 11 is 0. The van der Waals surface area contributed by atoms with Gasteiger partial charge in [-0.05, 0) is 21.4 Å². The molecule has 24 heavy (non-hydrogen) atoms. The van der Waals surface area contributed by atoms with E-state index in [1.54, 1.807) is 0 Å². The van der Waals surface area contributed by atoms with Gasteiger partial charge < -0.3 is 0 Å². The second-order valence-electron chi connectivity index (χ2n) is 6.78. The van der Waals surface area contributed by atoms with Crippen molar-refractivity contribution >= 4 is 5.78 Å². The Bertz CT molecular complexity index is 830. The Balaban J connectivity index is 1.80. The van der Waals surface area contributed by atoms with E-state index in [0.717, 1.165) is 5.56 Å². The second kappa shape index (κ2) is 6.35. The van der Waals surface area contributed by atoms with Crippen molar-refractivity contribution in [3.05, 3.63) is 65.7 Å². The van der Waals surface area contributed by atoms with Crippen LogP contribution < -0.4 is 0 Å². The lowest BCUT2D eigenvalue weighted by molar-refractivity contribution is 0.0967. The highest BCUT2D eigenvalue weighted by molar-refractivity contribution is 5.96. The zero-order chi connectivity index (χ0) is 17.2. The molecule has 3 aromatic rings. The van der Waals surface area contributed by atoms with E-state index in [2.05, 4.69) is 36.3 Å². The van der Waals surface area contributed by atoms with Crippen LogP contribution in [0, 0.1) is 0 Å². The second-order valence-corrected chi connectivity index (χ2v) is 6.78. The third-order valence-electron chi connectivity index (χ3n) is 3.93. The maximum absolute atomic E-state index is 12.5. The Hall–Kier alpha value is -2.82. The van der Waals surface area contributed by atoms with Crippen LogP contribution >= 0.6 is 0 Å². The molecule has 0 fully saturated rings. The summed E-state index contributed by atoms with van der Waals surface area (Å²) in [6.07, 6.45) is 0. The first-order valence-electron chi connectivity index (χ1n) is 7.90. The van der Waals surface area contributed by atoms with E-state index in [0.29, 0.717) is 11.4 Å². The largest absolute Gasteiger partial charge is 0.292 e. The van der Waals surface area contributed by atoms with Crippen LogP contribution in [-0.4, -0.2) is 26.0 Å². The molecule has 1 heterocycles. The average molecular weight is 320 g/mol. The van der Waals surface area contributed by atoms with Gasteiger partial charge in [0, 0.05) is 11.1 Å². The van der Waals surface area contributed by atoms with Crippen LogP contribution in [0.5, 0.6) is 0 Å². The first-order valence-corrected chi connectivity index (χ1v) is 7.90. The molecular formula is C19H20N4O. The van der Waals surface area contributed by atoms with E-state index in [-0.39, 0.29) is 17.7 Å². The molecule has 0 unspecified atom stereocenters. The van der Waals surface area contributed by atoms with Gasteiger partial charge in [-0.3, -0.25) is 4.79 Å². The Morgan fingerprint density at radius 2 is 1.67 bits per heavy atom. The molecule has 0 aliphatic rings. The van der Waals surface area contributed by atoms with Gasteiger partial charge in [-0.1, -0.05) is 75.4 Å². The number of ketones is 1. The van der Waals surface area contributed by atoms with Crippen molar-refractivity contribution in [3.63, 3.8) is 0 Å². The molecule has 2 aromatic carbocycles. The zero-order valence-corrected chi connectivity index (χ0v) is 14.1. The van der Waals surface area contributed by atoms with Crippen LogP contribution in [-0.2, 0) is 12.0 Å². The molecular weight excluding hydrogens is 300 g/mol. The fraction of sp³-hybridized carbons (Fsp3) is 0.263. The van der Waals surface area contributed by atoms with Gasteiger partial charge in [0.2, 0.25) is 0 Å². The SMILES string of the molecule is CC(C)(C)c1ccc(C(=O)Cn2nnnc2-c2ccccc2)cc1. The average Bonchev–Trinajstić information content (AvgIpc) is 3.03. The van der Waals surface area contributed by atoms with Crippen LogP contribution in [0.1, 0.15) is 36.7 Å². The molecule has 0 aliphatic carbocycles. The number of benzene rings is 2. The lowest BCUT2D eigenvalue weighted by Gasteiger charge is -2.19. The highest BCUT2D eigenvalue weighted by Crippen LogP contribution is 2.22. The third-order valence-corrected chi connectivity index (χ3v) is 3.93. The third kappa shape index (κ3) is 3.40. The monoisotopic (exact) mass is 320 g/mol. The standard InChI is InChI=1S/C19H20N4O/c1-19(2,3)16-11-9-14(10-12-16)17(24)13-23-18(20-21-22-23)15-7-5-4-6-8-15/h4-12H,13H2,1-3H3. The molecule has 5 heteroatoms. The molecule has 0 radical (unpaired) electrons. The predicted octanol–water partition coefficient (Wildman–Crippen LogP) is 3.52. The molecule has 122 valence electrons. The summed E-state index contributed by atoms with van der Waals surface area (Å²) in [6.45, 7) is 6.57. The van der Waals surface area contributed by atoms with E-state index in [1.807, 2.05) is 54.6 Å². The first-order chi connectivity index (χ1) is 11.4. The number of hydrogen-bond acceptors (Lipinski definition) is 4. The fourth-order valence-electron chi connectivity index (χ4n) is 2.49. The summed E-state index contributed by atoms with van der Waals surface area (Å²) in [5.74, 6) is 0.579. The van der Waals surface area contributed by atoms with Crippen molar-refractivity contribution in [2.75, 3.05) is 0 Å². The lowest BCUT2D eigenvalue weighted by atomic mass is 9.86. The van der Waals surface area contributed by atoms with Gasteiger partial charge >= 0.3 is 0 Å². The highest BCUT2D eigenvalue weighted by atomic mass is 16.1. The molecule has 0 saturated heterocycles. The summed E-state index contributed by atoms with van der Waals surface area (Å²) < 4.78 is 1.54. The Morgan fingerprint density at radius 3 is 2.29 bits per heavy atom. The number of rotatable bonds is 4. The van der Waals surface area contributed by atoms with E-state index in [4.69, 9.17) is 0 Å². The lowest BCUT2D eigenvalue weighted by Crippen LogP contribution is -2.14. The van der Waals surface area contributed by atoms with Crippen molar-refractivity contribution in [1.29, 1.82) is 0 Å². The quantitative estimate of drug-likeness (QED) is 0.690. The number of hydrogen-bond donors (Lipinski definition) is 0. The summed E-state index contributed by atoms with van der Waals surface area (Å²) in [5.41, 5.74) is 2.82. The number of carbonyl (C=O) groups is 1. The van der Waals surface area contributed by atoms with Crippen molar-refractivity contribution in [2.45, 2.75) is 32.7 Å². The molecule has 0 N–H and O–H groups in total. The van der Waals surface area contributed by atoms with Gasteiger partial charge in [0.1, 0.15) is 6.54 Å². The number of carbonyl (C=O) groups excluding carboxylic acids is 1. The molecule has 0 aliphatic heterocycles. The maximum atomic E-state index is 12.5. The smallest absolute Gasteiger partial charge is 0.184 e. The first kappa shape index (κ1) is 16.1. The Kier molecular flexibility index (Phi) is 4.25. The minimum absolute atomic E-state index is 0.0139. The summed E-state index contributed by atoms with van der Waals surface area (Å²) in [5, 5.41) is 11.7. The summed E-state index contributed by atoms with van der Waals surface area (Å²) in [7, 11) is 0. The number of nitrogens with zero attached hydrogens (tertiary/aromatic N) is 4.